The lowest BCUT2D eigenvalue weighted by Crippen LogP contribution is -2.33. The molecule has 0 fully saturated rings. The fraction of sp³-hybridized carbons (Fsp3) is 0.0328. The van der Waals surface area contributed by atoms with E-state index in [1.165, 1.54) is 65.3 Å². The van der Waals surface area contributed by atoms with Crippen LogP contribution in [0.15, 0.2) is 218 Å². The van der Waals surface area contributed by atoms with Gasteiger partial charge in [0.1, 0.15) is 5.82 Å². The molecule has 0 saturated carbocycles. The van der Waals surface area contributed by atoms with E-state index in [1.807, 2.05) is 42.5 Å². The molecule has 1 aromatic heterocycles. The summed E-state index contributed by atoms with van der Waals surface area (Å²) in [6.45, 7) is 2.15. The lowest BCUT2D eigenvalue weighted by molar-refractivity contribution is 0.592. The molecule has 0 saturated heterocycles. The summed E-state index contributed by atoms with van der Waals surface area (Å²) in [7, 11) is -3.25. The van der Waals surface area contributed by atoms with Crippen LogP contribution in [-0.2, 0) is 11.0 Å². The maximum atomic E-state index is 15.9. The fourth-order valence-electron chi connectivity index (χ4n) is 10.7. The van der Waals surface area contributed by atoms with E-state index in [4.69, 9.17) is 4.98 Å². The Morgan fingerprint density at radius 1 is 0.431 bits per heavy atom. The zero-order valence-corrected chi connectivity index (χ0v) is 36.6. The maximum Gasteiger partial charge on any atom is 0.175 e. The first kappa shape index (κ1) is 37.7. The maximum absolute atomic E-state index is 15.9. The molecule has 2 heterocycles. The molecule has 12 aromatic rings. The van der Waals surface area contributed by atoms with Gasteiger partial charge in [0.05, 0.1) is 16.7 Å². The van der Waals surface area contributed by atoms with E-state index in [0.717, 1.165) is 67.1 Å². The van der Waals surface area contributed by atoms with Crippen LogP contribution in [0.4, 0.5) is 0 Å². The predicted octanol–water partition coefficient (Wildman–Crippen LogP) is 14.8. The first-order chi connectivity index (χ1) is 32.1. The van der Waals surface area contributed by atoms with Crippen LogP contribution < -0.4 is 15.9 Å². The highest BCUT2D eigenvalue weighted by molar-refractivity contribution is 7.86. The number of imidazole rings is 1. The van der Waals surface area contributed by atoms with Crippen molar-refractivity contribution >= 4 is 77.2 Å². The molecule has 11 aromatic carbocycles. The molecule has 0 spiro atoms. The molecule has 0 bridgehead atoms. The second kappa shape index (κ2) is 14.6. The van der Waals surface area contributed by atoms with Crippen LogP contribution in [0.5, 0.6) is 0 Å². The Hall–Kier alpha value is -7.84. The molecule has 65 heavy (non-hydrogen) atoms. The number of fused-ring (bicyclic) bond motifs is 6. The molecule has 1 unspecified atom stereocenters. The van der Waals surface area contributed by atoms with Gasteiger partial charge in [-0.05, 0) is 118 Å². The van der Waals surface area contributed by atoms with Crippen LogP contribution in [0.1, 0.15) is 12.7 Å². The van der Waals surface area contributed by atoms with Crippen molar-refractivity contribution < 1.29 is 4.57 Å². The van der Waals surface area contributed by atoms with E-state index in [9.17, 15) is 0 Å². The molecule has 3 nitrogen and oxygen atoms in total. The second-order valence-electron chi connectivity index (χ2n) is 17.2. The Morgan fingerprint density at radius 2 is 0.969 bits per heavy atom. The first-order valence-corrected chi connectivity index (χ1v) is 24.2. The highest BCUT2D eigenvalue weighted by Gasteiger charge is 2.40. The van der Waals surface area contributed by atoms with E-state index in [-0.39, 0.29) is 0 Å². The minimum absolute atomic E-state index is 0.748. The Labute approximate surface area is 377 Å². The average Bonchev–Trinajstić information content (AvgIpc) is 3.76. The largest absolute Gasteiger partial charge is 0.308 e. The van der Waals surface area contributed by atoms with Gasteiger partial charge in [-0.25, -0.2) is 4.98 Å². The monoisotopic (exact) mass is 848 g/mol. The lowest BCUT2D eigenvalue weighted by atomic mass is 9.84. The summed E-state index contributed by atoms with van der Waals surface area (Å²) in [5, 5.41) is 12.4. The summed E-state index contributed by atoms with van der Waals surface area (Å²) in [4.78, 5) is 5.12. The van der Waals surface area contributed by atoms with Crippen molar-refractivity contribution in [1.29, 1.82) is 0 Å². The molecule has 0 aliphatic carbocycles. The normalized spacial score (nSPS) is 14.4. The van der Waals surface area contributed by atoms with Gasteiger partial charge in [-0.1, -0.05) is 189 Å². The Kier molecular flexibility index (Phi) is 8.47. The van der Waals surface area contributed by atoms with Crippen LogP contribution >= 0.6 is 7.14 Å². The van der Waals surface area contributed by atoms with Gasteiger partial charge in [0.2, 0.25) is 0 Å². The third kappa shape index (κ3) is 5.69. The molecule has 0 radical (unpaired) electrons. The summed E-state index contributed by atoms with van der Waals surface area (Å²) in [5.41, 5.74) is 12.1. The summed E-state index contributed by atoms with van der Waals surface area (Å²) in [5.74, 6) is 0.964. The van der Waals surface area contributed by atoms with Crippen molar-refractivity contribution in [3.63, 3.8) is 0 Å². The zero-order chi connectivity index (χ0) is 43.2. The highest BCUT2D eigenvalue weighted by Crippen LogP contribution is 2.51. The Morgan fingerprint density at radius 3 is 1.65 bits per heavy atom. The van der Waals surface area contributed by atoms with Crippen molar-refractivity contribution in [2.24, 2.45) is 0 Å². The number of hydrogen-bond donors (Lipinski definition) is 0. The van der Waals surface area contributed by atoms with Crippen LogP contribution in [0.25, 0.3) is 104 Å². The van der Waals surface area contributed by atoms with Gasteiger partial charge in [-0.3, -0.25) is 4.57 Å². The van der Waals surface area contributed by atoms with E-state index in [1.54, 1.807) is 0 Å². The van der Waals surface area contributed by atoms with Gasteiger partial charge in [-0.15, -0.1) is 0 Å². The standard InChI is InChI=1S/C61H41N2OP/c1-2-57-62-54-23-13-25-56-61(54)63(57)60-49(22-12-24-55(60)65(56,64)48-18-4-3-5-19-48)42-30-26-41(27-31-42)45-34-35-52-53(38-45)59(47-33-29-40-15-7-9-17-44(40)37-47)51-21-11-10-20-50(51)58(52)46-32-28-39-14-6-8-16-43(39)36-46/h3-38H,2H2,1H3. The van der Waals surface area contributed by atoms with Crippen molar-refractivity contribution in [2.45, 2.75) is 13.3 Å². The van der Waals surface area contributed by atoms with Gasteiger partial charge < -0.3 is 4.57 Å². The van der Waals surface area contributed by atoms with Crippen LogP contribution in [0.2, 0.25) is 0 Å². The predicted molar refractivity (Wildman–Crippen MR) is 275 cm³/mol. The van der Waals surface area contributed by atoms with Gasteiger partial charge >= 0.3 is 0 Å². The minimum atomic E-state index is -3.25. The second-order valence-corrected chi connectivity index (χ2v) is 19.9. The number of aryl methyl sites for hydroxylation is 1. The van der Waals surface area contributed by atoms with Gasteiger partial charge in [0, 0.05) is 27.9 Å². The number of aromatic nitrogens is 2. The highest BCUT2D eigenvalue weighted by atomic mass is 31.2. The number of hydrogen-bond acceptors (Lipinski definition) is 2. The summed E-state index contributed by atoms with van der Waals surface area (Å²) in [6.07, 6.45) is 0.748. The minimum Gasteiger partial charge on any atom is -0.308 e. The molecule has 13 rings (SSSR count). The lowest BCUT2D eigenvalue weighted by Gasteiger charge is -2.30. The number of benzene rings is 11. The van der Waals surface area contributed by atoms with Crippen LogP contribution in [-0.4, -0.2) is 9.55 Å². The van der Waals surface area contributed by atoms with Crippen molar-refractivity contribution in [3.05, 3.63) is 224 Å². The first-order valence-electron chi connectivity index (χ1n) is 22.4. The molecule has 1 atom stereocenters. The molecule has 1 aliphatic heterocycles. The van der Waals surface area contributed by atoms with Crippen LogP contribution in [0.3, 0.4) is 0 Å². The third-order valence-corrected chi connectivity index (χ3v) is 16.8. The van der Waals surface area contributed by atoms with Crippen molar-refractivity contribution in [1.82, 2.24) is 9.55 Å². The molecule has 1 aliphatic rings. The third-order valence-electron chi connectivity index (χ3n) is 13.7. The quantitative estimate of drug-likeness (QED) is 0.123. The van der Waals surface area contributed by atoms with Gasteiger partial charge in [0.15, 0.2) is 7.14 Å². The molecule has 0 N–H and O–H groups in total. The topological polar surface area (TPSA) is 34.9 Å². The molecular weight excluding hydrogens is 808 g/mol. The van der Waals surface area contributed by atoms with Gasteiger partial charge in [-0.2, -0.15) is 0 Å². The summed E-state index contributed by atoms with van der Waals surface area (Å²) < 4.78 is 18.2. The Balaban J connectivity index is 1.01. The molecule has 306 valence electrons. The van der Waals surface area contributed by atoms with E-state index in [2.05, 4.69) is 187 Å². The number of para-hydroxylation sites is 2. The van der Waals surface area contributed by atoms with E-state index in [0.29, 0.717) is 0 Å². The zero-order valence-electron chi connectivity index (χ0n) is 35.7. The van der Waals surface area contributed by atoms with Gasteiger partial charge in [0.25, 0.3) is 0 Å². The van der Waals surface area contributed by atoms with E-state index >= 15 is 4.57 Å². The average molecular weight is 849 g/mol. The number of nitrogens with zero attached hydrogens (tertiary/aromatic N) is 2. The van der Waals surface area contributed by atoms with E-state index < -0.39 is 7.14 Å². The molecular formula is C61H41N2OP. The molecule has 4 heteroatoms. The SMILES string of the molecule is CCc1nc2cccc3c2n1-c1c(-c2ccc(-c4ccc5c(-c6ccc7ccccc7c6)c6ccccc6c(-c6ccc7ccccc7c6)c5c4)cc2)cccc1P3(=O)c1ccccc1. The molecule has 0 amide bonds. The summed E-state index contributed by atoms with van der Waals surface area (Å²) >= 11 is 0. The smallest absolute Gasteiger partial charge is 0.175 e. The fourth-order valence-corrected chi connectivity index (χ4v) is 13.7. The van der Waals surface area contributed by atoms with Crippen molar-refractivity contribution in [2.75, 3.05) is 0 Å². The van der Waals surface area contributed by atoms with Crippen LogP contribution in [0, 0.1) is 0 Å². The Bertz CT molecular complexity index is 3960. The number of rotatable bonds is 6. The summed E-state index contributed by atoms with van der Waals surface area (Å²) in [6, 6.07) is 78.3. The van der Waals surface area contributed by atoms with Crippen molar-refractivity contribution in [3.8, 4) is 50.2 Å².